The van der Waals surface area contributed by atoms with Crippen LogP contribution in [-0.2, 0) is 10.5 Å². The second kappa shape index (κ2) is 5.51. The Hall–Kier alpha value is -2.56. The first-order chi connectivity index (χ1) is 11.1. The highest BCUT2D eigenvalue weighted by Gasteiger charge is 2.59. The van der Waals surface area contributed by atoms with Crippen LogP contribution < -0.4 is 9.50 Å². The number of rotatable bonds is 5. The van der Waals surface area contributed by atoms with Crippen molar-refractivity contribution in [2.24, 2.45) is 0 Å². The molecule has 3 rings (SSSR count). The summed E-state index contributed by atoms with van der Waals surface area (Å²) in [6, 6.07) is 3.83. The lowest BCUT2D eigenvalue weighted by atomic mass is 10.2. The molecule has 0 saturated heterocycles. The summed E-state index contributed by atoms with van der Waals surface area (Å²) >= 11 is 0. The summed E-state index contributed by atoms with van der Waals surface area (Å²) in [7, 11) is -5.12. The third-order valence-corrected chi connectivity index (χ3v) is 3.68. The molecule has 0 spiro atoms. The van der Waals surface area contributed by atoms with Gasteiger partial charge in [-0.2, -0.15) is 13.5 Å². The summed E-state index contributed by atoms with van der Waals surface area (Å²) < 4.78 is 64.0. The van der Waals surface area contributed by atoms with Gasteiger partial charge in [0.25, 0.3) is 11.8 Å². The maximum atomic E-state index is 13.0. The zero-order valence-corrected chi connectivity index (χ0v) is 12.6. The number of amides is 1. The first-order valence-corrected chi connectivity index (χ1v) is 7.92. The highest BCUT2D eigenvalue weighted by Crippen LogP contribution is 2.52. The number of benzene rings is 1. The van der Waals surface area contributed by atoms with Gasteiger partial charge in [0.05, 0.1) is 11.8 Å². The molecular formula is C13H10F3N3O4S. The van der Waals surface area contributed by atoms with Crippen LogP contribution in [0.2, 0.25) is 0 Å². The molecule has 1 N–H and O–H groups in total. The van der Waals surface area contributed by atoms with Crippen molar-refractivity contribution in [3.63, 3.8) is 0 Å². The largest absolute Gasteiger partial charge is 0.488 e. The number of alkyl halides is 2. The Kier molecular flexibility index (Phi) is 3.74. The lowest BCUT2D eigenvalue weighted by Crippen LogP contribution is -2.11. The van der Waals surface area contributed by atoms with E-state index in [4.69, 9.17) is 0 Å². The second-order valence-corrected chi connectivity index (χ2v) is 6.10. The van der Waals surface area contributed by atoms with Crippen molar-refractivity contribution in [2.75, 3.05) is 5.32 Å². The molecule has 1 aromatic carbocycles. The van der Waals surface area contributed by atoms with Gasteiger partial charge in [-0.25, -0.2) is 8.78 Å². The monoisotopic (exact) mass is 361 g/mol. The third-order valence-electron chi connectivity index (χ3n) is 3.28. The number of hydrogen-bond donors (Lipinski definition) is 1. The number of aromatic nitrogens is 2. The molecule has 1 aliphatic rings. The van der Waals surface area contributed by atoms with E-state index >= 15 is 0 Å². The number of hydrogen-bond acceptors (Lipinski definition) is 5. The predicted octanol–water partition coefficient (Wildman–Crippen LogP) is 2.31. The van der Waals surface area contributed by atoms with Gasteiger partial charge in [-0.1, -0.05) is 3.89 Å². The molecule has 1 atom stereocenters. The average molecular weight is 361 g/mol. The van der Waals surface area contributed by atoms with Gasteiger partial charge < -0.3 is 9.50 Å². The summed E-state index contributed by atoms with van der Waals surface area (Å²) in [5, 5.41) is 6.20. The fraction of sp³-hybridized carbons (Fsp3) is 0.231. The SMILES string of the molecule is O=C(Nc1ccc(OS(=O)(=O)F)cc1)c1cnn(C2CC2(F)F)c1. The van der Waals surface area contributed by atoms with Crippen molar-refractivity contribution in [3.05, 3.63) is 42.2 Å². The number of halogens is 3. The normalized spacial score (nSPS) is 18.9. The summed E-state index contributed by atoms with van der Waals surface area (Å²) in [4.78, 5) is 12.0. The van der Waals surface area contributed by atoms with E-state index in [-0.39, 0.29) is 23.4 Å². The Morgan fingerprint density at radius 3 is 2.50 bits per heavy atom. The molecule has 1 amide bonds. The molecule has 1 aromatic heterocycles. The number of nitrogens with one attached hydrogen (secondary N) is 1. The Labute approximate surface area is 134 Å². The van der Waals surface area contributed by atoms with Crippen LogP contribution in [0.5, 0.6) is 5.75 Å². The molecule has 1 saturated carbocycles. The highest BCUT2D eigenvalue weighted by molar-refractivity contribution is 7.81. The zero-order chi connectivity index (χ0) is 17.5. The van der Waals surface area contributed by atoms with E-state index in [1.165, 1.54) is 18.3 Å². The first kappa shape index (κ1) is 16.3. The molecule has 1 aliphatic carbocycles. The standard InChI is InChI=1S/C13H10F3N3O4S/c14-13(15)5-11(13)19-7-8(6-17-19)12(20)18-9-1-3-10(4-2-9)23-24(16,21)22/h1-4,6-7,11H,5H2,(H,18,20). The zero-order valence-electron chi connectivity index (χ0n) is 11.8. The summed E-state index contributed by atoms with van der Waals surface area (Å²) in [6.07, 6.45) is 2.07. The molecule has 24 heavy (non-hydrogen) atoms. The molecule has 0 radical (unpaired) electrons. The second-order valence-electron chi connectivity index (χ2n) is 5.14. The maximum absolute atomic E-state index is 13.0. The van der Waals surface area contributed by atoms with E-state index in [0.717, 1.165) is 23.0 Å². The van der Waals surface area contributed by atoms with Crippen LogP contribution >= 0.6 is 0 Å². The van der Waals surface area contributed by atoms with Gasteiger partial charge in [0.2, 0.25) is 0 Å². The maximum Gasteiger partial charge on any atom is 0.488 e. The molecule has 1 fully saturated rings. The van der Waals surface area contributed by atoms with Gasteiger partial charge in [-0.15, -0.1) is 0 Å². The smallest absolute Gasteiger partial charge is 0.358 e. The predicted molar refractivity (Wildman–Crippen MR) is 75.9 cm³/mol. The topological polar surface area (TPSA) is 90.3 Å². The minimum Gasteiger partial charge on any atom is -0.358 e. The number of anilines is 1. The van der Waals surface area contributed by atoms with Crippen LogP contribution in [0.15, 0.2) is 36.7 Å². The van der Waals surface area contributed by atoms with Gasteiger partial charge in [0, 0.05) is 18.3 Å². The average Bonchev–Trinajstić information content (AvgIpc) is 2.91. The Balaban J connectivity index is 1.65. The minimum atomic E-state index is -5.12. The van der Waals surface area contributed by atoms with Crippen LogP contribution in [0.3, 0.4) is 0 Å². The van der Waals surface area contributed by atoms with Crippen molar-refractivity contribution in [3.8, 4) is 5.75 Å². The van der Waals surface area contributed by atoms with Crippen LogP contribution in [0, 0.1) is 0 Å². The van der Waals surface area contributed by atoms with E-state index in [1.807, 2.05) is 0 Å². The molecule has 2 aromatic rings. The fourth-order valence-electron chi connectivity index (χ4n) is 2.02. The lowest BCUT2D eigenvalue weighted by molar-refractivity contribution is 0.0977. The van der Waals surface area contributed by atoms with E-state index in [2.05, 4.69) is 14.6 Å². The first-order valence-electron chi connectivity index (χ1n) is 6.61. The van der Waals surface area contributed by atoms with E-state index in [9.17, 15) is 25.9 Å². The van der Waals surface area contributed by atoms with Crippen molar-refractivity contribution < 1.29 is 30.1 Å². The molecule has 128 valence electrons. The summed E-state index contributed by atoms with van der Waals surface area (Å²) in [6.45, 7) is 0. The van der Waals surface area contributed by atoms with Crippen LogP contribution in [0.4, 0.5) is 18.4 Å². The Bertz CT molecular complexity index is 880. The third kappa shape index (κ3) is 3.67. The lowest BCUT2D eigenvalue weighted by Gasteiger charge is -2.05. The highest BCUT2D eigenvalue weighted by atomic mass is 32.3. The fourth-order valence-corrected chi connectivity index (χ4v) is 2.36. The molecule has 7 nitrogen and oxygen atoms in total. The van der Waals surface area contributed by atoms with Gasteiger partial charge in [0.15, 0.2) is 0 Å². The quantitative estimate of drug-likeness (QED) is 0.826. The van der Waals surface area contributed by atoms with Crippen molar-refractivity contribution in [1.82, 2.24) is 9.78 Å². The Morgan fingerprint density at radius 2 is 1.96 bits per heavy atom. The van der Waals surface area contributed by atoms with Gasteiger partial charge in [0.1, 0.15) is 11.8 Å². The van der Waals surface area contributed by atoms with E-state index in [0.29, 0.717) is 0 Å². The summed E-state index contributed by atoms with van der Waals surface area (Å²) in [5.74, 6) is -3.65. The van der Waals surface area contributed by atoms with E-state index < -0.39 is 28.4 Å². The van der Waals surface area contributed by atoms with Crippen molar-refractivity contribution in [2.45, 2.75) is 18.4 Å². The molecular weight excluding hydrogens is 351 g/mol. The van der Waals surface area contributed by atoms with Crippen LogP contribution in [0.1, 0.15) is 22.8 Å². The Morgan fingerprint density at radius 1 is 1.33 bits per heavy atom. The van der Waals surface area contributed by atoms with Gasteiger partial charge in [-0.3, -0.25) is 9.48 Å². The molecule has 1 unspecified atom stereocenters. The number of carbonyl (C=O) groups excluding carboxylic acids is 1. The van der Waals surface area contributed by atoms with Crippen molar-refractivity contribution >= 4 is 22.1 Å². The van der Waals surface area contributed by atoms with Crippen LogP contribution in [-0.4, -0.2) is 30.0 Å². The number of carbonyl (C=O) groups is 1. The minimum absolute atomic E-state index is 0.0874. The molecule has 11 heteroatoms. The molecule has 0 aliphatic heterocycles. The van der Waals surface area contributed by atoms with E-state index in [1.54, 1.807) is 0 Å². The number of nitrogens with zero attached hydrogens (tertiary/aromatic N) is 2. The van der Waals surface area contributed by atoms with Crippen molar-refractivity contribution in [1.29, 1.82) is 0 Å². The van der Waals surface area contributed by atoms with Gasteiger partial charge in [-0.05, 0) is 24.3 Å². The van der Waals surface area contributed by atoms with Gasteiger partial charge >= 0.3 is 10.5 Å². The molecule has 1 heterocycles. The van der Waals surface area contributed by atoms with Crippen LogP contribution in [0.25, 0.3) is 0 Å². The summed E-state index contributed by atoms with van der Waals surface area (Å²) in [5.41, 5.74) is 0.359. The molecule has 0 bridgehead atoms.